The van der Waals surface area contributed by atoms with Crippen LogP contribution in [0.2, 0.25) is 5.02 Å². The summed E-state index contributed by atoms with van der Waals surface area (Å²) in [4.78, 5) is 7.82. The van der Waals surface area contributed by atoms with E-state index in [2.05, 4.69) is 40.3 Å². The minimum atomic E-state index is 0.652. The van der Waals surface area contributed by atoms with Crippen LogP contribution in [0.3, 0.4) is 0 Å². The van der Waals surface area contributed by atoms with E-state index in [0.717, 1.165) is 5.02 Å². The molecule has 4 rings (SSSR count). The summed E-state index contributed by atoms with van der Waals surface area (Å²) >= 11 is 6.04. The summed E-state index contributed by atoms with van der Waals surface area (Å²) in [5.41, 5.74) is 6.25. The van der Waals surface area contributed by atoms with E-state index in [0.29, 0.717) is 5.92 Å². The number of benzene rings is 1. The average molecular weight is 337 g/mol. The first-order valence-electron chi connectivity index (χ1n) is 8.70. The van der Waals surface area contributed by atoms with Gasteiger partial charge in [0.25, 0.3) is 0 Å². The predicted molar refractivity (Wildman–Crippen MR) is 100 cm³/mol. The summed E-state index contributed by atoms with van der Waals surface area (Å²) in [6.07, 6.45) is 10.3. The van der Waals surface area contributed by atoms with Gasteiger partial charge in [-0.2, -0.15) is 0 Å². The van der Waals surface area contributed by atoms with Crippen LogP contribution in [0.15, 0.2) is 54.9 Å². The first-order valence-corrected chi connectivity index (χ1v) is 9.08. The molecule has 1 saturated carbocycles. The molecule has 24 heavy (non-hydrogen) atoms. The Morgan fingerprint density at radius 3 is 2.29 bits per heavy atom. The standard InChI is InChI=1S/C21H21ClN2/c22-18-8-6-16(7-9-18)20-14-19(15-4-2-1-3-5-15)21(24-20)17-10-12-23-13-11-17/h6-15,24H,1-5H2. The molecule has 2 heterocycles. The van der Waals surface area contributed by atoms with Crippen LogP contribution in [0.5, 0.6) is 0 Å². The molecule has 0 aliphatic heterocycles. The number of hydrogen-bond donors (Lipinski definition) is 1. The molecule has 0 unspecified atom stereocenters. The predicted octanol–water partition coefficient (Wildman–Crippen LogP) is 6.44. The normalized spacial score (nSPS) is 15.5. The Balaban J connectivity index is 1.79. The maximum absolute atomic E-state index is 6.04. The zero-order valence-electron chi connectivity index (χ0n) is 13.6. The third-order valence-electron chi connectivity index (χ3n) is 5.02. The van der Waals surface area contributed by atoms with E-state index in [1.54, 1.807) is 0 Å². The van der Waals surface area contributed by atoms with Gasteiger partial charge in [-0.1, -0.05) is 43.0 Å². The van der Waals surface area contributed by atoms with Crippen molar-refractivity contribution in [1.82, 2.24) is 9.97 Å². The molecular formula is C21H21ClN2. The van der Waals surface area contributed by atoms with Crippen molar-refractivity contribution in [3.63, 3.8) is 0 Å². The van der Waals surface area contributed by atoms with Gasteiger partial charge in [0.1, 0.15) is 0 Å². The molecule has 1 fully saturated rings. The zero-order chi connectivity index (χ0) is 16.4. The van der Waals surface area contributed by atoms with Gasteiger partial charge in [-0.3, -0.25) is 4.98 Å². The van der Waals surface area contributed by atoms with E-state index in [1.165, 1.54) is 60.2 Å². The molecule has 0 spiro atoms. The molecule has 1 aromatic carbocycles. The quantitative estimate of drug-likeness (QED) is 0.585. The number of H-pyrrole nitrogens is 1. The lowest BCUT2D eigenvalue weighted by Crippen LogP contribution is -2.04. The van der Waals surface area contributed by atoms with Crippen LogP contribution in [0.1, 0.15) is 43.6 Å². The Kier molecular flexibility index (Phi) is 4.40. The maximum atomic E-state index is 6.04. The SMILES string of the molecule is Clc1ccc(-c2cc(C3CCCCC3)c(-c3ccncc3)[nH]2)cc1. The molecular weight excluding hydrogens is 316 g/mol. The summed E-state index contributed by atoms with van der Waals surface area (Å²) < 4.78 is 0. The molecule has 0 atom stereocenters. The molecule has 3 heteroatoms. The molecule has 0 bridgehead atoms. The van der Waals surface area contributed by atoms with Crippen molar-refractivity contribution in [2.75, 3.05) is 0 Å². The summed E-state index contributed by atoms with van der Waals surface area (Å²) in [5.74, 6) is 0.652. The molecule has 0 amide bonds. The third kappa shape index (κ3) is 3.11. The van der Waals surface area contributed by atoms with Crippen LogP contribution >= 0.6 is 11.6 Å². The van der Waals surface area contributed by atoms with Gasteiger partial charge in [-0.15, -0.1) is 0 Å². The van der Waals surface area contributed by atoms with Crippen molar-refractivity contribution < 1.29 is 0 Å². The van der Waals surface area contributed by atoms with Crippen LogP contribution in [0.25, 0.3) is 22.5 Å². The fourth-order valence-electron chi connectivity index (χ4n) is 3.75. The first-order chi connectivity index (χ1) is 11.8. The molecule has 122 valence electrons. The van der Waals surface area contributed by atoms with E-state index in [9.17, 15) is 0 Å². The average Bonchev–Trinajstić information content (AvgIpc) is 3.09. The number of aromatic amines is 1. The van der Waals surface area contributed by atoms with Crippen LogP contribution in [0, 0.1) is 0 Å². The van der Waals surface area contributed by atoms with Crippen LogP contribution in [-0.2, 0) is 0 Å². The Morgan fingerprint density at radius 1 is 0.875 bits per heavy atom. The molecule has 2 aromatic heterocycles. The Morgan fingerprint density at radius 2 is 1.58 bits per heavy atom. The second kappa shape index (κ2) is 6.82. The Bertz CT molecular complexity index is 800. The molecule has 1 aliphatic carbocycles. The molecule has 0 radical (unpaired) electrons. The number of nitrogens with one attached hydrogen (secondary N) is 1. The van der Waals surface area contributed by atoms with Crippen LogP contribution in [0.4, 0.5) is 0 Å². The fraction of sp³-hybridized carbons (Fsp3) is 0.286. The van der Waals surface area contributed by atoms with Gasteiger partial charge in [-0.05, 0) is 60.2 Å². The second-order valence-corrected chi connectivity index (χ2v) is 7.03. The van der Waals surface area contributed by atoms with Gasteiger partial charge >= 0.3 is 0 Å². The number of rotatable bonds is 3. The van der Waals surface area contributed by atoms with E-state index < -0.39 is 0 Å². The second-order valence-electron chi connectivity index (χ2n) is 6.59. The number of pyridine rings is 1. The monoisotopic (exact) mass is 336 g/mol. The van der Waals surface area contributed by atoms with E-state index >= 15 is 0 Å². The lowest BCUT2D eigenvalue weighted by molar-refractivity contribution is 0.444. The molecule has 1 N–H and O–H groups in total. The highest BCUT2D eigenvalue weighted by molar-refractivity contribution is 6.30. The largest absolute Gasteiger partial charge is 0.354 e. The van der Waals surface area contributed by atoms with E-state index in [4.69, 9.17) is 11.6 Å². The minimum Gasteiger partial charge on any atom is -0.354 e. The van der Waals surface area contributed by atoms with Crippen molar-refractivity contribution >= 4 is 11.6 Å². The first kappa shape index (κ1) is 15.5. The Hall–Kier alpha value is -2.06. The van der Waals surface area contributed by atoms with Crippen molar-refractivity contribution in [3.05, 3.63) is 65.4 Å². The Labute approximate surface area is 147 Å². The molecule has 2 nitrogen and oxygen atoms in total. The van der Waals surface area contributed by atoms with Crippen molar-refractivity contribution in [2.24, 2.45) is 0 Å². The van der Waals surface area contributed by atoms with Crippen molar-refractivity contribution in [1.29, 1.82) is 0 Å². The van der Waals surface area contributed by atoms with Gasteiger partial charge in [0, 0.05) is 34.4 Å². The molecule has 0 saturated heterocycles. The van der Waals surface area contributed by atoms with Crippen molar-refractivity contribution in [2.45, 2.75) is 38.0 Å². The smallest absolute Gasteiger partial charge is 0.0495 e. The zero-order valence-corrected chi connectivity index (χ0v) is 14.4. The van der Waals surface area contributed by atoms with Crippen LogP contribution in [-0.4, -0.2) is 9.97 Å². The number of nitrogens with zero attached hydrogens (tertiary/aromatic N) is 1. The topological polar surface area (TPSA) is 28.7 Å². The van der Waals surface area contributed by atoms with Crippen molar-refractivity contribution in [3.8, 4) is 22.5 Å². The highest BCUT2D eigenvalue weighted by atomic mass is 35.5. The number of halogens is 1. The van der Waals surface area contributed by atoms with E-state index in [-0.39, 0.29) is 0 Å². The molecule has 3 aromatic rings. The van der Waals surface area contributed by atoms with Gasteiger partial charge in [0.15, 0.2) is 0 Å². The number of aromatic nitrogens is 2. The summed E-state index contributed by atoms with van der Waals surface area (Å²) in [5, 5.41) is 0.771. The minimum absolute atomic E-state index is 0.652. The maximum Gasteiger partial charge on any atom is 0.0495 e. The lowest BCUT2D eigenvalue weighted by Gasteiger charge is -2.22. The molecule has 1 aliphatic rings. The highest BCUT2D eigenvalue weighted by Crippen LogP contribution is 2.40. The highest BCUT2D eigenvalue weighted by Gasteiger charge is 2.22. The summed E-state index contributed by atoms with van der Waals surface area (Å²) in [6, 6.07) is 14.6. The van der Waals surface area contributed by atoms with Gasteiger partial charge in [0.2, 0.25) is 0 Å². The summed E-state index contributed by atoms with van der Waals surface area (Å²) in [6.45, 7) is 0. The van der Waals surface area contributed by atoms with Gasteiger partial charge in [-0.25, -0.2) is 0 Å². The third-order valence-corrected chi connectivity index (χ3v) is 5.27. The fourth-order valence-corrected chi connectivity index (χ4v) is 3.87. The van der Waals surface area contributed by atoms with Crippen LogP contribution < -0.4 is 0 Å². The lowest BCUT2D eigenvalue weighted by atomic mass is 9.83. The summed E-state index contributed by atoms with van der Waals surface area (Å²) in [7, 11) is 0. The number of hydrogen-bond acceptors (Lipinski definition) is 1. The van der Waals surface area contributed by atoms with E-state index in [1.807, 2.05) is 24.5 Å². The van der Waals surface area contributed by atoms with Gasteiger partial charge < -0.3 is 4.98 Å². The van der Waals surface area contributed by atoms with Gasteiger partial charge in [0.05, 0.1) is 0 Å².